The van der Waals surface area contributed by atoms with Gasteiger partial charge in [0.15, 0.2) is 0 Å². The van der Waals surface area contributed by atoms with Crippen LogP contribution in [0.3, 0.4) is 0 Å². The van der Waals surface area contributed by atoms with Crippen molar-refractivity contribution in [2.75, 3.05) is 0 Å². The molecular weight excluding hydrogens is 417 g/mol. The molecule has 0 N–H and O–H groups in total. The van der Waals surface area contributed by atoms with Crippen molar-refractivity contribution in [3.05, 3.63) is 62.1 Å². The van der Waals surface area contributed by atoms with Crippen molar-refractivity contribution in [3.8, 4) is 21.8 Å². The Hall–Kier alpha value is -1.04. The van der Waals surface area contributed by atoms with Crippen LogP contribution in [0.5, 0.6) is 0 Å². The largest absolute Gasteiger partial charge is 0.236 e. The third kappa shape index (κ3) is 2.96. The van der Waals surface area contributed by atoms with Crippen LogP contribution >= 0.6 is 43.2 Å². The Morgan fingerprint density at radius 3 is 2.57 bits per heavy atom. The Kier molecular flexibility index (Phi) is 4.24. The van der Waals surface area contributed by atoms with Gasteiger partial charge < -0.3 is 0 Å². The minimum Gasteiger partial charge on any atom is -0.236 e. The lowest BCUT2D eigenvalue weighted by molar-refractivity contribution is 0.630. The van der Waals surface area contributed by atoms with E-state index < -0.39 is 0 Å². The van der Waals surface area contributed by atoms with Gasteiger partial charge in [-0.3, -0.25) is 0 Å². The van der Waals surface area contributed by atoms with Crippen molar-refractivity contribution in [1.29, 1.82) is 0 Å². The lowest BCUT2D eigenvalue weighted by Crippen LogP contribution is -1.86. The van der Waals surface area contributed by atoms with E-state index in [9.17, 15) is 4.39 Å². The Morgan fingerprint density at radius 2 is 1.86 bits per heavy atom. The molecule has 0 bridgehead atoms. The molecule has 0 spiro atoms. The molecule has 21 heavy (non-hydrogen) atoms. The van der Waals surface area contributed by atoms with Crippen LogP contribution in [0.4, 0.5) is 4.39 Å². The molecule has 0 fully saturated rings. The molecule has 0 aliphatic rings. The van der Waals surface area contributed by atoms with Gasteiger partial charge in [0.05, 0.1) is 11.3 Å². The molecule has 0 amide bonds. The third-order valence-corrected chi connectivity index (χ3v) is 5.21. The van der Waals surface area contributed by atoms with Crippen molar-refractivity contribution in [3.63, 3.8) is 0 Å². The second-order valence-electron chi connectivity index (χ2n) is 4.53. The average Bonchev–Trinajstić information content (AvgIpc) is 2.80. The van der Waals surface area contributed by atoms with Crippen LogP contribution in [0.25, 0.3) is 21.8 Å². The zero-order chi connectivity index (χ0) is 15.0. The molecule has 3 rings (SSSR count). The van der Waals surface area contributed by atoms with Crippen LogP contribution in [-0.4, -0.2) is 4.98 Å². The first kappa shape index (κ1) is 14.9. The molecule has 0 aliphatic heterocycles. The quantitative estimate of drug-likeness (QED) is 0.458. The Morgan fingerprint density at radius 1 is 1.10 bits per heavy atom. The molecule has 1 nitrogen and oxygen atoms in total. The average molecular weight is 427 g/mol. The van der Waals surface area contributed by atoms with Crippen molar-refractivity contribution in [1.82, 2.24) is 4.98 Å². The molecule has 0 saturated carbocycles. The molecule has 0 saturated heterocycles. The van der Waals surface area contributed by atoms with E-state index in [1.54, 1.807) is 6.07 Å². The molecular formula is C16H10Br2FNS. The number of hydrogen-bond acceptors (Lipinski definition) is 2. The summed E-state index contributed by atoms with van der Waals surface area (Å²) in [7, 11) is 0. The monoisotopic (exact) mass is 425 g/mol. The van der Waals surface area contributed by atoms with Gasteiger partial charge in [-0.15, -0.1) is 11.3 Å². The maximum atomic E-state index is 14.1. The van der Waals surface area contributed by atoms with Gasteiger partial charge in [0, 0.05) is 19.4 Å². The maximum absolute atomic E-state index is 14.1. The standard InChI is InChI=1S/C16H10Br2FNS/c1-9-15(10-4-2-5-11(17)8-10)20-16(21-9)14-12(18)6-3-7-13(14)19/h2-8H,1H3. The summed E-state index contributed by atoms with van der Waals surface area (Å²) in [6.07, 6.45) is 0. The van der Waals surface area contributed by atoms with Crippen LogP contribution in [0.15, 0.2) is 51.4 Å². The first-order valence-electron chi connectivity index (χ1n) is 6.24. The Labute approximate surface area is 143 Å². The third-order valence-electron chi connectivity index (χ3n) is 3.07. The van der Waals surface area contributed by atoms with E-state index in [-0.39, 0.29) is 5.82 Å². The van der Waals surface area contributed by atoms with Crippen molar-refractivity contribution in [2.24, 2.45) is 0 Å². The van der Waals surface area contributed by atoms with Crippen LogP contribution in [0.2, 0.25) is 0 Å². The van der Waals surface area contributed by atoms with E-state index in [4.69, 9.17) is 0 Å². The number of thiazole rings is 1. The van der Waals surface area contributed by atoms with Gasteiger partial charge in [0.2, 0.25) is 0 Å². The van der Waals surface area contributed by atoms with E-state index in [2.05, 4.69) is 36.8 Å². The second kappa shape index (κ2) is 5.99. The summed E-state index contributed by atoms with van der Waals surface area (Å²) in [6.45, 7) is 2.01. The summed E-state index contributed by atoms with van der Waals surface area (Å²) in [5.41, 5.74) is 2.44. The minimum absolute atomic E-state index is 0.265. The number of aromatic nitrogens is 1. The van der Waals surface area contributed by atoms with Crippen LogP contribution in [-0.2, 0) is 0 Å². The molecule has 0 atom stereocenters. The Balaban J connectivity index is 2.14. The molecule has 106 valence electrons. The van der Waals surface area contributed by atoms with Gasteiger partial charge in [-0.05, 0) is 47.1 Å². The molecule has 1 aromatic heterocycles. The molecule has 0 unspecified atom stereocenters. The number of aryl methyl sites for hydroxylation is 1. The fourth-order valence-corrected chi connectivity index (χ4v) is 4.17. The van der Waals surface area contributed by atoms with Gasteiger partial charge in [-0.1, -0.05) is 34.1 Å². The SMILES string of the molecule is Cc1sc(-c2c(F)cccc2Br)nc1-c1cccc(Br)c1. The summed E-state index contributed by atoms with van der Waals surface area (Å²) in [5.74, 6) is -0.265. The van der Waals surface area contributed by atoms with Gasteiger partial charge in [0.25, 0.3) is 0 Å². The van der Waals surface area contributed by atoms with Gasteiger partial charge >= 0.3 is 0 Å². The smallest absolute Gasteiger partial charge is 0.134 e. The number of rotatable bonds is 2. The number of hydrogen-bond donors (Lipinski definition) is 0. The Bertz CT molecular complexity index is 794. The summed E-state index contributed by atoms with van der Waals surface area (Å²) in [6, 6.07) is 12.9. The highest BCUT2D eigenvalue weighted by Crippen LogP contribution is 2.38. The van der Waals surface area contributed by atoms with Crippen LogP contribution < -0.4 is 0 Å². The first-order chi connectivity index (χ1) is 10.1. The number of nitrogens with zero attached hydrogens (tertiary/aromatic N) is 1. The number of halogens is 3. The van der Waals surface area contributed by atoms with Gasteiger partial charge in [-0.2, -0.15) is 0 Å². The zero-order valence-corrected chi connectivity index (χ0v) is 15.0. The normalized spacial score (nSPS) is 10.9. The molecule has 1 heterocycles. The lowest BCUT2D eigenvalue weighted by Gasteiger charge is -2.02. The van der Waals surface area contributed by atoms with Crippen LogP contribution in [0, 0.1) is 12.7 Å². The summed E-state index contributed by atoms with van der Waals surface area (Å²) < 4.78 is 15.8. The first-order valence-corrected chi connectivity index (χ1v) is 8.64. The minimum atomic E-state index is -0.265. The van der Waals surface area contributed by atoms with E-state index in [0.29, 0.717) is 10.6 Å². The summed E-state index contributed by atoms with van der Waals surface area (Å²) in [5, 5.41) is 0.687. The van der Waals surface area contributed by atoms with Crippen molar-refractivity contribution < 1.29 is 4.39 Å². The predicted molar refractivity (Wildman–Crippen MR) is 93.1 cm³/mol. The molecule has 3 aromatic rings. The fourth-order valence-electron chi connectivity index (χ4n) is 2.11. The van der Waals surface area contributed by atoms with Crippen LogP contribution in [0.1, 0.15) is 4.88 Å². The molecule has 0 aliphatic carbocycles. The summed E-state index contributed by atoms with van der Waals surface area (Å²) in [4.78, 5) is 5.71. The van der Waals surface area contributed by atoms with E-state index in [0.717, 1.165) is 25.1 Å². The lowest BCUT2D eigenvalue weighted by atomic mass is 10.1. The van der Waals surface area contributed by atoms with Gasteiger partial charge in [-0.25, -0.2) is 9.37 Å². The summed E-state index contributed by atoms with van der Waals surface area (Å²) >= 11 is 8.37. The molecule has 2 aromatic carbocycles. The highest BCUT2D eigenvalue weighted by molar-refractivity contribution is 9.10. The highest BCUT2D eigenvalue weighted by Gasteiger charge is 2.16. The van der Waals surface area contributed by atoms with E-state index >= 15 is 0 Å². The van der Waals surface area contributed by atoms with E-state index in [1.807, 2.05) is 37.3 Å². The highest BCUT2D eigenvalue weighted by atomic mass is 79.9. The molecule has 0 radical (unpaired) electrons. The second-order valence-corrected chi connectivity index (χ2v) is 7.50. The fraction of sp³-hybridized carbons (Fsp3) is 0.0625. The van der Waals surface area contributed by atoms with Crippen molar-refractivity contribution >= 4 is 43.2 Å². The van der Waals surface area contributed by atoms with Crippen molar-refractivity contribution in [2.45, 2.75) is 6.92 Å². The number of benzene rings is 2. The topological polar surface area (TPSA) is 12.9 Å². The predicted octanol–water partition coefficient (Wildman–Crippen LogP) is 6.45. The maximum Gasteiger partial charge on any atom is 0.134 e. The van der Waals surface area contributed by atoms with Gasteiger partial charge in [0.1, 0.15) is 10.8 Å². The van der Waals surface area contributed by atoms with E-state index in [1.165, 1.54) is 17.4 Å². The zero-order valence-electron chi connectivity index (χ0n) is 11.0. The molecule has 5 heteroatoms.